The van der Waals surface area contributed by atoms with E-state index in [0.717, 1.165) is 18.7 Å². The van der Waals surface area contributed by atoms with Gasteiger partial charge in [0.1, 0.15) is 5.82 Å². The molecule has 84 valence electrons. The maximum absolute atomic E-state index is 11.4. The smallest absolute Gasteiger partial charge is 0.236 e. The predicted molar refractivity (Wildman–Crippen MR) is 62.9 cm³/mol. The molecule has 0 aliphatic rings. The number of halogens is 1. The van der Waals surface area contributed by atoms with Gasteiger partial charge in [0.2, 0.25) is 5.91 Å². The van der Waals surface area contributed by atoms with Crippen LogP contribution in [0.5, 0.6) is 0 Å². The normalized spacial score (nSPS) is 11.4. The van der Waals surface area contributed by atoms with Gasteiger partial charge in [-0.15, -0.1) is 0 Å². The van der Waals surface area contributed by atoms with E-state index in [0.29, 0.717) is 6.54 Å². The first-order chi connectivity index (χ1) is 7.00. The number of aromatic nitrogens is 2. The molecule has 0 aliphatic heterocycles. The van der Waals surface area contributed by atoms with Crippen LogP contribution in [0.3, 0.4) is 0 Å². The van der Waals surface area contributed by atoms with E-state index in [-0.39, 0.29) is 5.91 Å². The Bertz CT molecular complexity index is 303. The van der Waals surface area contributed by atoms with Gasteiger partial charge in [0.15, 0.2) is 0 Å². The number of imidazole rings is 1. The quantitative estimate of drug-likeness (QED) is 0.633. The number of H-pyrrole nitrogens is 1. The van der Waals surface area contributed by atoms with Crippen LogP contribution >= 0.6 is 15.9 Å². The molecule has 0 saturated carbocycles. The molecule has 0 unspecified atom stereocenters. The van der Waals surface area contributed by atoms with Crippen LogP contribution in [0, 0.1) is 0 Å². The first-order valence-corrected chi connectivity index (χ1v) is 5.75. The fourth-order valence-electron chi connectivity index (χ4n) is 1.10. The minimum atomic E-state index is -0.488. The van der Waals surface area contributed by atoms with Gasteiger partial charge in [-0.25, -0.2) is 4.98 Å². The van der Waals surface area contributed by atoms with Gasteiger partial charge in [0, 0.05) is 25.4 Å². The standard InChI is InChI=1S/C10H16BrN3O/c1-10(2,11)9(15)14-5-3-4-8-12-6-7-13-8/h6-7H,3-5H2,1-2H3,(H,12,13)(H,14,15). The van der Waals surface area contributed by atoms with Gasteiger partial charge in [-0.1, -0.05) is 15.9 Å². The number of rotatable bonds is 5. The van der Waals surface area contributed by atoms with E-state index in [1.54, 1.807) is 12.4 Å². The molecule has 0 radical (unpaired) electrons. The van der Waals surface area contributed by atoms with Gasteiger partial charge < -0.3 is 10.3 Å². The molecule has 0 fully saturated rings. The molecule has 1 heterocycles. The molecular weight excluding hydrogens is 258 g/mol. The Labute approximate surface area is 98.0 Å². The summed E-state index contributed by atoms with van der Waals surface area (Å²) in [7, 11) is 0. The molecule has 0 spiro atoms. The summed E-state index contributed by atoms with van der Waals surface area (Å²) in [5.74, 6) is 0.976. The van der Waals surface area contributed by atoms with Crippen LogP contribution in [0.1, 0.15) is 26.1 Å². The van der Waals surface area contributed by atoms with Crippen molar-refractivity contribution in [3.8, 4) is 0 Å². The van der Waals surface area contributed by atoms with Crippen molar-refractivity contribution in [1.29, 1.82) is 0 Å². The summed E-state index contributed by atoms with van der Waals surface area (Å²) in [6, 6.07) is 0. The largest absolute Gasteiger partial charge is 0.355 e. The fourth-order valence-corrected chi connectivity index (χ4v) is 1.24. The van der Waals surface area contributed by atoms with Crippen LogP contribution in [-0.4, -0.2) is 26.7 Å². The number of carbonyl (C=O) groups excluding carboxylic acids is 1. The molecule has 0 saturated heterocycles. The minimum Gasteiger partial charge on any atom is -0.355 e. The van der Waals surface area contributed by atoms with E-state index in [4.69, 9.17) is 0 Å². The molecule has 4 nitrogen and oxygen atoms in total. The van der Waals surface area contributed by atoms with Gasteiger partial charge in [-0.3, -0.25) is 4.79 Å². The summed E-state index contributed by atoms with van der Waals surface area (Å²) in [6.07, 6.45) is 5.28. The Hall–Kier alpha value is -0.840. The Morgan fingerprint density at radius 1 is 1.67 bits per heavy atom. The van der Waals surface area contributed by atoms with Crippen LogP contribution in [-0.2, 0) is 11.2 Å². The Kier molecular flexibility index (Phi) is 4.32. The topological polar surface area (TPSA) is 57.8 Å². The monoisotopic (exact) mass is 273 g/mol. The molecule has 0 aromatic carbocycles. The van der Waals surface area contributed by atoms with Crippen molar-refractivity contribution in [1.82, 2.24) is 15.3 Å². The summed E-state index contributed by atoms with van der Waals surface area (Å²) in [5, 5.41) is 2.86. The summed E-state index contributed by atoms with van der Waals surface area (Å²) >= 11 is 3.30. The zero-order valence-corrected chi connectivity index (χ0v) is 10.6. The van der Waals surface area contributed by atoms with E-state index < -0.39 is 4.32 Å². The maximum Gasteiger partial charge on any atom is 0.236 e. The zero-order valence-electron chi connectivity index (χ0n) is 9.01. The lowest BCUT2D eigenvalue weighted by molar-refractivity contribution is -0.122. The summed E-state index contributed by atoms with van der Waals surface area (Å²) in [6.45, 7) is 4.33. The first-order valence-electron chi connectivity index (χ1n) is 4.95. The van der Waals surface area contributed by atoms with Crippen molar-refractivity contribution in [3.05, 3.63) is 18.2 Å². The average molecular weight is 274 g/mol. The third kappa shape index (κ3) is 4.46. The third-order valence-electron chi connectivity index (χ3n) is 1.97. The number of hydrogen-bond donors (Lipinski definition) is 2. The Morgan fingerprint density at radius 2 is 2.40 bits per heavy atom. The molecule has 2 N–H and O–H groups in total. The van der Waals surface area contributed by atoms with Gasteiger partial charge in [0.25, 0.3) is 0 Å². The summed E-state index contributed by atoms with van der Waals surface area (Å²) < 4.78 is -0.488. The number of hydrogen-bond acceptors (Lipinski definition) is 2. The second kappa shape index (κ2) is 5.30. The fraction of sp³-hybridized carbons (Fsp3) is 0.600. The van der Waals surface area contributed by atoms with Crippen LogP contribution < -0.4 is 5.32 Å². The molecule has 15 heavy (non-hydrogen) atoms. The lowest BCUT2D eigenvalue weighted by atomic mass is 10.2. The van der Waals surface area contributed by atoms with Crippen molar-refractivity contribution >= 4 is 21.8 Å². The lowest BCUT2D eigenvalue weighted by Gasteiger charge is -2.15. The van der Waals surface area contributed by atoms with Crippen molar-refractivity contribution in [2.24, 2.45) is 0 Å². The van der Waals surface area contributed by atoms with E-state index in [2.05, 4.69) is 31.2 Å². The number of carbonyl (C=O) groups is 1. The van der Waals surface area contributed by atoms with Gasteiger partial charge in [-0.05, 0) is 20.3 Å². The molecule has 0 atom stereocenters. The van der Waals surface area contributed by atoms with E-state index in [1.807, 2.05) is 13.8 Å². The number of nitrogens with zero attached hydrogens (tertiary/aromatic N) is 1. The number of nitrogens with one attached hydrogen (secondary N) is 2. The van der Waals surface area contributed by atoms with Crippen LogP contribution in [0.15, 0.2) is 12.4 Å². The molecule has 1 aromatic heterocycles. The summed E-state index contributed by atoms with van der Waals surface area (Å²) in [5.41, 5.74) is 0. The Morgan fingerprint density at radius 3 is 2.93 bits per heavy atom. The van der Waals surface area contributed by atoms with Gasteiger partial charge in [-0.2, -0.15) is 0 Å². The highest BCUT2D eigenvalue weighted by molar-refractivity contribution is 9.10. The number of aromatic amines is 1. The molecule has 0 aliphatic carbocycles. The van der Waals surface area contributed by atoms with Crippen LogP contribution in [0.4, 0.5) is 0 Å². The second-order valence-corrected chi connectivity index (χ2v) is 5.85. The van der Waals surface area contributed by atoms with Crippen molar-refractivity contribution in [2.75, 3.05) is 6.54 Å². The second-order valence-electron chi connectivity index (χ2n) is 3.87. The predicted octanol–water partition coefficient (Wildman–Crippen LogP) is 1.63. The molecule has 5 heteroatoms. The first kappa shape index (κ1) is 12.2. The number of amides is 1. The molecule has 1 aromatic rings. The zero-order chi connectivity index (χ0) is 11.3. The maximum atomic E-state index is 11.4. The summed E-state index contributed by atoms with van der Waals surface area (Å²) in [4.78, 5) is 18.6. The van der Waals surface area contributed by atoms with Crippen molar-refractivity contribution < 1.29 is 4.79 Å². The van der Waals surface area contributed by atoms with Crippen LogP contribution in [0.2, 0.25) is 0 Å². The van der Waals surface area contributed by atoms with E-state index >= 15 is 0 Å². The van der Waals surface area contributed by atoms with Crippen molar-refractivity contribution in [3.63, 3.8) is 0 Å². The van der Waals surface area contributed by atoms with Crippen molar-refractivity contribution in [2.45, 2.75) is 31.0 Å². The van der Waals surface area contributed by atoms with Gasteiger partial charge in [0.05, 0.1) is 4.32 Å². The SMILES string of the molecule is CC(C)(Br)C(=O)NCCCc1ncc[nH]1. The highest BCUT2D eigenvalue weighted by atomic mass is 79.9. The van der Waals surface area contributed by atoms with Crippen LogP contribution in [0.25, 0.3) is 0 Å². The molecule has 1 rings (SSSR count). The molecular formula is C10H16BrN3O. The van der Waals surface area contributed by atoms with E-state index in [9.17, 15) is 4.79 Å². The number of aryl methyl sites for hydroxylation is 1. The average Bonchev–Trinajstić information content (AvgIpc) is 2.63. The molecule has 0 bridgehead atoms. The minimum absolute atomic E-state index is 0.0157. The third-order valence-corrected chi connectivity index (χ3v) is 2.33. The van der Waals surface area contributed by atoms with E-state index in [1.165, 1.54) is 0 Å². The molecule has 1 amide bonds. The lowest BCUT2D eigenvalue weighted by Crippen LogP contribution is -2.38. The number of alkyl halides is 1. The Balaban J connectivity index is 2.15. The highest BCUT2D eigenvalue weighted by Gasteiger charge is 2.22. The van der Waals surface area contributed by atoms with Gasteiger partial charge >= 0.3 is 0 Å². The highest BCUT2D eigenvalue weighted by Crippen LogP contribution is 2.14.